The van der Waals surface area contributed by atoms with E-state index in [2.05, 4.69) is 26.1 Å². The van der Waals surface area contributed by atoms with E-state index < -0.39 is 0 Å². The number of carbonyl (C=O) groups excluding carboxylic acids is 1. The fourth-order valence-corrected chi connectivity index (χ4v) is 1.68. The lowest BCUT2D eigenvalue weighted by atomic mass is 10.2. The van der Waals surface area contributed by atoms with Gasteiger partial charge in [-0.05, 0) is 19.9 Å². The highest BCUT2D eigenvalue weighted by Gasteiger charge is 2.19. The van der Waals surface area contributed by atoms with Gasteiger partial charge in [0.1, 0.15) is 5.69 Å². The Bertz CT molecular complexity index is 396. The van der Waals surface area contributed by atoms with E-state index in [-0.39, 0.29) is 23.2 Å². The van der Waals surface area contributed by atoms with Crippen molar-refractivity contribution in [2.24, 2.45) is 0 Å². The number of amides is 1. The molecule has 0 radical (unpaired) electrons. The standard InChI is InChI=1S/C10H14BrN3O2/c1-7(2)14(6-5-11)10(16)8-3-4-9(15)13-12-8/h3-4,7H,5-6H2,1-2H3,(H,13,15). The number of carbonyl (C=O) groups is 1. The number of rotatable bonds is 4. The van der Waals surface area contributed by atoms with Crippen LogP contribution in [0.2, 0.25) is 0 Å². The van der Waals surface area contributed by atoms with Gasteiger partial charge in [-0.3, -0.25) is 9.59 Å². The van der Waals surface area contributed by atoms with Gasteiger partial charge in [-0.15, -0.1) is 0 Å². The number of hydrogen-bond acceptors (Lipinski definition) is 3. The van der Waals surface area contributed by atoms with Gasteiger partial charge in [0.05, 0.1) is 0 Å². The van der Waals surface area contributed by atoms with Gasteiger partial charge >= 0.3 is 0 Å². The van der Waals surface area contributed by atoms with Crippen LogP contribution in [0.1, 0.15) is 24.3 Å². The van der Waals surface area contributed by atoms with Gasteiger partial charge in [0.15, 0.2) is 0 Å². The van der Waals surface area contributed by atoms with E-state index in [9.17, 15) is 9.59 Å². The fraction of sp³-hybridized carbons (Fsp3) is 0.500. The average molecular weight is 288 g/mol. The maximum atomic E-state index is 12.0. The molecule has 1 rings (SSSR count). The van der Waals surface area contributed by atoms with Crippen LogP contribution in [-0.4, -0.2) is 38.9 Å². The van der Waals surface area contributed by atoms with E-state index in [1.54, 1.807) is 4.90 Å². The lowest BCUT2D eigenvalue weighted by Gasteiger charge is -2.25. The van der Waals surface area contributed by atoms with Crippen LogP contribution < -0.4 is 5.56 Å². The monoisotopic (exact) mass is 287 g/mol. The Labute approximate surface area is 102 Å². The summed E-state index contributed by atoms with van der Waals surface area (Å²) in [6.45, 7) is 4.48. The predicted molar refractivity (Wildman–Crippen MR) is 64.8 cm³/mol. The first kappa shape index (κ1) is 12.9. The number of nitrogens with one attached hydrogen (secondary N) is 1. The summed E-state index contributed by atoms with van der Waals surface area (Å²) in [5.41, 5.74) is -0.0533. The van der Waals surface area contributed by atoms with Gasteiger partial charge in [-0.2, -0.15) is 5.10 Å². The average Bonchev–Trinajstić information content (AvgIpc) is 2.25. The Morgan fingerprint density at radius 1 is 1.56 bits per heavy atom. The lowest BCUT2D eigenvalue weighted by Crippen LogP contribution is -2.39. The zero-order valence-corrected chi connectivity index (χ0v) is 10.8. The van der Waals surface area contributed by atoms with E-state index in [0.717, 1.165) is 0 Å². The number of nitrogens with zero attached hydrogens (tertiary/aromatic N) is 2. The Morgan fingerprint density at radius 2 is 2.25 bits per heavy atom. The van der Waals surface area contributed by atoms with Crippen molar-refractivity contribution in [3.05, 3.63) is 28.2 Å². The van der Waals surface area contributed by atoms with Crippen LogP contribution >= 0.6 is 15.9 Å². The smallest absolute Gasteiger partial charge is 0.274 e. The highest BCUT2D eigenvalue weighted by molar-refractivity contribution is 9.09. The van der Waals surface area contributed by atoms with Crippen molar-refractivity contribution in [3.63, 3.8) is 0 Å². The Morgan fingerprint density at radius 3 is 2.69 bits per heavy atom. The fourth-order valence-electron chi connectivity index (χ4n) is 1.30. The minimum absolute atomic E-state index is 0.0961. The van der Waals surface area contributed by atoms with Gasteiger partial charge in [-0.1, -0.05) is 15.9 Å². The number of H-pyrrole nitrogens is 1. The van der Waals surface area contributed by atoms with Crippen LogP contribution in [0.5, 0.6) is 0 Å². The molecule has 0 saturated carbocycles. The van der Waals surface area contributed by atoms with Crippen LogP contribution in [0.15, 0.2) is 16.9 Å². The van der Waals surface area contributed by atoms with Gasteiger partial charge in [0, 0.05) is 24.0 Å². The molecule has 5 nitrogen and oxygen atoms in total. The van der Waals surface area contributed by atoms with E-state index in [1.807, 2.05) is 13.8 Å². The van der Waals surface area contributed by atoms with Crippen molar-refractivity contribution in [1.82, 2.24) is 15.1 Å². The molecule has 6 heteroatoms. The highest BCUT2D eigenvalue weighted by Crippen LogP contribution is 2.05. The largest absolute Gasteiger partial charge is 0.334 e. The van der Waals surface area contributed by atoms with Crippen molar-refractivity contribution in [2.75, 3.05) is 11.9 Å². The number of alkyl halides is 1. The van der Waals surface area contributed by atoms with Crippen molar-refractivity contribution in [3.8, 4) is 0 Å². The molecule has 1 heterocycles. The number of aromatic nitrogens is 2. The molecule has 0 aliphatic carbocycles. The second-order valence-corrected chi connectivity index (χ2v) is 4.38. The minimum Gasteiger partial charge on any atom is -0.334 e. The zero-order valence-electron chi connectivity index (χ0n) is 9.24. The van der Waals surface area contributed by atoms with Crippen molar-refractivity contribution in [2.45, 2.75) is 19.9 Å². The molecule has 0 spiro atoms. The lowest BCUT2D eigenvalue weighted by molar-refractivity contribution is 0.0712. The number of halogens is 1. The van der Waals surface area contributed by atoms with Crippen LogP contribution in [0, 0.1) is 0 Å². The highest BCUT2D eigenvalue weighted by atomic mass is 79.9. The molecule has 88 valence electrons. The third-order valence-corrected chi connectivity index (χ3v) is 2.46. The number of hydrogen-bond donors (Lipinski definition) is 1. The molecule has 0 bridgehead atoms. The SMILES string of the molecule is CC(C)N(CCBr)C(=O)c1ccc(=O)[nH]n1. The summed E-state index contributed by atoms with van der Waals surface area (Å²) in [7, 11) is 0. The van der Waals surface area contributed by atoms with E-state index in [1.165, 1.54) is 12.1 Å². The zero-order chi connectivity index (χ0) is 12.1. The summed E-state index contributed by atoms with van der Waals surface area (Å²) in [6.07, 6.45) is 0. The predicted octanol–water partition coefficient (Wildman–Crippen LogP) is 1.02. The molecular formula is C10H14BrN3O2. The van der Waals surface area contributed by atoms with E-state index in [4.69, 9.17) is 0 Å². The normalized spacial score (nSPS) is 10.5. The second kappa shape index (κ2) is 5.79. The maximum Gasteiger partial charge on any atom is 0.274 e. The number of aromatic amines is 1. The van der Waals surface area contributed by atoms with Crippen molar-refractivity contribution < 1.29 is 4.79 Å². The van der Waals surface area contributed by atoms with Gasteiger partial charge in [0.2, 0.25) is 0 Å². The van der Waals surface area contributed by atoms with E-state index >= 15 is 0 Å². The van der Waals surface area contributed by atoms with Crippen LogP contribution in [0.4, 0.5) is 0 Å². The first-order valence-electron chi connectivity index (χ1n) is 4.99. The molecule has 0 unspecified atom stereocenters. The molecule has 0 aliphatic rings. The summed E-state index contributed by atoms with van der Waals surface area (Å²) in [5.74, 6) is -0.175. The topological polar surface area (TPSA) is 66.1 Å². The summed E-state index contributed by atoms with van der Waals surface area (Å²) in [4.78, 5) is 24.5. The molecule has 1 aromatic rings. The molecular weight excluding hydrogens is 274 g/mol. The first-order chi connectivity index (χ1) is 7.56. The van der Waals surface area contributed by atoms with Gasteiger partial charge < -0.3 is 4.90 Å². The van der Waals surface area contributed by atoms with Gasteiger partial charge in [-0.25, -0.2) is 5.10 Å². The van der Waals surface area contributed by atoms with Crippen molar-refractivity contribution >= 4 is 21.8 Å². The summed E-state index contributed by atoms with van der Waals surface area (Å²) in [5, 5.41) is 6.68. The van der Waals surface area contributed by atoms with Crippen LogP contribution in [-0.2, 0) is 0 Å². The van der Waals surface area contributed by atoms with Crippen LogP contribution in [0.25, 0.3) is 0 Å². The molecule has 0 fully saturated rings. The third-order valence-electron chi connectivity index (χ3n) is 2.11. The molecule has 1 N–H and O–H groups in total. The maximum absolute atomic E-state index is 12.0. The molecule has 16 heavy (non-hydrogen) atoms. The molecule has 0 atom stereocenters. The minimum atomic E-state index is -0.312. The molecule has 1 aromatic heterocycles. The third kappa shape index (κ3) is 3.16. The molecule has 0 saturated heterocycles. The molecule has 0 aromatic carbocycles. The Kier molecular flexibility index (Phi) is 4.67. The quantitative estimate of drug-likeness (QED) is 0.841. The molecule has 1 amide bonds. The Balaban J connectivity index is 2.90. The summed E-state index contributed by atoms with van der Waals surface area (Å²) >= 11 is 3.30. The Hall–Kier alpha value is -1.17. The van der Waals surface area contributed by atoms with Crippen LogP contribution in [0.3, 0.4) is 0 Å². The van der Waals surface area contributed by atoms with E-state index in [0.29, 0.717) is 11.9 Å². The second-order valence-electron chi connectivity index (χ2n) is 3.59. The van der Waals surface area contributed by atoms with Gasteiger partial charge in [0.25, 0.3) is 11.5 Å². The summed E-state index contributed by atoms with van der Waals surface area (Å²) < 4.78 is 0. The van der Waals surface area contributed by atoms with Crippen molar-refractivity contribution in [1.29, 1.82) is 0 Å². The summed E-state index contributed by atoms with van der Waals surface area (Å²) in [6, 6.07) is 2.83. The molecule has 0 aliphatic heterocycles. The first-order valence-corrected chi connectivity index (χ1v) is 6.11.